The van der Waals surface area contributed by atoms with E-state index >= 15 is 0 Å². The van der Waals surface area contributed by atoms with Gasteiger partial charge in [0.05, 0.1) is 11.1 Å². The molecule has 6 heteroatoms. The summed E-state index contributed by atoms with van der Waals surface area (Å²) in [6.45, 7) is 0.366. The molecule has 5 nitrogen and oxygen atoms in total. The van der Waals surface area contributed by atoms with Crippen LogP contribution in [-0.2, 0) is 6.54 Å². The van der Waals surface area contributed by atoms with Crippen molar-refractivity contribution in [3.63, 3.8) is 0 Å². The lowest BCUT2D eigenvalue weighted by atomic mass is 10.1. The fourth-order valence-corrected chi connectivity index (χ4v) is 1.77. The maximum atomic E-state index is 13.2. The van der Waals surface area contributed by atoms with Gasteiger partial charge in [-0.2, -0.15) is 0 Å². The first kappa shape index (κ1) is 14.5. The summed E-state index contributed by atoms with van der Waals surface area (Å²) < 4.78 is 13.2. The van der Waals surface area contributed by atoms with Crippen molar-refractivity contribution in [2.75, 3.05) is 5.32 Å². The number of carboxylic acid groups (broad SMARTS) is 2. The normalized spacial score (nSPS) is 10.1. The van der Waals surface area contributed by atoms with Crippen molar-refractivity contribution >= 4 is 17.6 Å². The molecule has 0 unspecified atom stereocenters. The molecule has 0 atom stereocenters. The summed E-state index contributed by atoms with van der Waals surface area (Å²) in [5, 5.41) is 20.6. The van der Waals surface area contributed by atoms with Crippen LogP contribution in [0, 0.1) is 5.82 Å². The number of nitrogens with one attached hydrogen (secondary N) is 1. The Kier molecular flexibility index (Phi) is 4.18. The van der Waals surface area contributed by atoms with Crippen molar-refractivity contribution in [2.24, 2.45) is 0 Å². The molecule has 0 aliphatic heterocycles. The van der Waals surface area contributed by atoms with Crippen molar-refractivity contribution in [1.82, 2.24) is 0 Å². The van der Waals surface area contributed by atoms with E-state index in [1.165, 1.54) is 24.3 Å². The number of hydrogen-bond donors (Lipinski definition) is 3. The Labute approximate surface area is 119 Å². The smallest absolute Gasteiger partial charge is 0.338 e. The van der Waals surface area contributed by atoms with Crippen molar-refractivity contribution < 1.29 is 24.2 Å². The standard InChI is InChI=1S/C15H12FNO4/c16-13-6-5-11(7-12(13)15(20)21)17-8-9-1-3-10(4-2-9)14(18)19/h1-7,17H,8H2,(H,18,19)(H,20,21). The SMILES string of the molecule is O=C(O)c1ccc(CNc2ccc(F)c(C(=O)O)c2)cc1. The quantitative estimate of drug-likeness (QED) is 0.788. The summed E-state index contributed by atoms with van der Waals surface area (Å²) in [7, 11) is 0. The minimum absolute atomic E-state index is 0.189. The van der Waals surface area contributed by atoms with Crippen LogP contribution in [0.5, 0.6) is 0 Å². The third-order valence-electron chi connectivity index (χ3n) is 2.89. The fourth-order valence-electron chi connectivity index (χ4n) is 1.77. The lowest BCUT2D eigenvalue weighted by molar-refractivity contribution is 0.0683. The van der Waals surface area contributed by atoms with Crippen LogP contribution in [0.2, 0.25) is 0 Å². The van der Waals surface area contributed by atoms with Crippen LogP contribution in [0.3, 0.4) is 0 Å². The Hall–Kier alpha value is -2.89. The number of benzene rings is 2. The van der Waals surface area contributed by atoms with Gasteiger partial charge in [-0.15, -0.1) is 0 Å². The molecule has 108 valence electrons. The Balaban J connectivity index is 2.07. The van der Waals surface area contributed by atoms with Crippen LogP contribution in [0.4, 0.5) is 10.1 Å². The zero-order valence-corrected chi connectivity index (χ0v) is 10.8. The Morgan fingerprint density at radius 2 is 1.67 bits per heavy atom. The first-order valence-corrected chi connectivity index (χ1v) is 6.06. The third-order valence-corrected chi connectivity index (χ3v) is 2.89. The highest BCUT2D eigenvalue weighted by Gasteiger charge is 2.10. The predicted molar refractivity (Wildman–Crippen MR) is 74.1 cm³/mol. The monoisotopic (exact) mass is 289 g/mol. The molecule has 0 saturated heterocycles. The maximum absolute atomic E-state index is 13.2. The van der Waals surface area contributed by atoms with Crippen molar-refractivity contribution in [3.05, 3.63) is 65.0 Å². The van der Waals surface area contributed by atoms with Crippen molar-refractivity contribution in [1.29, 1.82) is 0 Å². The van der Waals surface area contributed by atoms with E-state index in [1.807, 2.05) is 0 Å². The molecule has 3 N–H and O–H groups in total. The van der Waals surface area contributed by atoms with Gasteiger partial charge < -0.3 is 15.5 Å². The van der Waals surface area contributed by atoms with E-state index in [0.29, 0.717) is 12.2 Å². The third kappa shape index (κ3) is 3.56. The van der Waals surface area contributed by atoms with E-state index in [1.54, 1.807) is 12.1 Å². The van der Waals surface area contributed by atoms with Crippen LogP contribution in [0.25, 0.3) is 0 Å². The number of carboxylic acids is 2. The van der Waals surface area contributed by atoms with Crippen LogP contribution in [-0.4, -0.2) is 22.2 Å². The fraction of sp³-hybridized carbons (Fsp3) is 0.0667. The highest BCUT2D eigenvalue weighted by atomic mass is 19.1. The lowest BCUT2D eigenvalue weighted by Gasteiger charge is -2.08. The molecule has 0 bridgehead atoms. The van der Waals surface area contributed by atoms with Gasteiger partial charge in [0.2, 0.25) is 0 Å². The molecule has 0 amide bonds. The second-order valence-corrected chi connectivity index (χ2v) is 4.36. The van der Waals surface area contributed by atoms with E-state index in [0.717, 1.165) is 11.6 Å². The van der Waals surface area contributed by atoms with Gasteiger partial charge in [0.1, 0.15) is 5.82 Å². The van der Waals surface area contributed by atoms with Crippen LogP contribution < -0.4 is 5.32 Å². The number of hydrogen-bond acceptors (Lipinski definition) is 3. The minimum atomic E-state index is -1.33. The maximum Gasteiger partial charge on any atom is 0.338 e. The van der Waals surface area contributed by atoms with E-state index in [2.05, 4.69) is 5.32 Å². The molecule has 2 rings (SSSR count). The molecule has 0 heterocycles. The highest BCUT2D eigenvalue weighted by molar-refractivity contribution is 5.89. The summed E-state index contributed by atoms with van der Waals surface area (Å²) in [5.74, 6) is -3.13. The van der Waals surface area contributed by atoms with Crippen molar-refractivity contribution in [3.8, 4) is 0 Å². The number of anilines is 1. The van der Waals surface area contributed by atoms with Gasteiger partial charge in [-0.3, -0.25) is 0 Å². The first-order valence-electron chi connectivity index (χ1n) is 6.06. The van der Waals surface area contributed by atoms with Gasteiger partial charge in [0, 0.05) is 12.2 Å². The average Bonchev–Trinajstić information content (AvgIpc) is 2.46. The molecule has 0 saturated carbocycles. The van der Waals surface area contributed by atoms with Crippen LogP contribution >= 0.6 is 0 Å². The molecule has 2 aromatic carbocycles. The Bertz CT molecular complexity index is 683. The van der Waals surface area contributed by atoms with Gasteiger partial charge in [-0.05, 0) is 35.9 Å². The molecule has 0 radical (unpaired) electrons. The van der Waals surface area contributed by atoms with E-state index in [4.69, 9.17) is 10.2 Å². The predicted octanol–water partition coefficient (Wildman–Crippen LogP) is 2.83. The molecular formula is C15H12FNO4. The summed E-state index contributed by atoms with van der Waals surface area (Å²) in [6.07, 6.45) is 0. The molecular weight excluding hydrogens is 277 g/mol. The van der Waals surface area contributed by atoms with Gasteiger partial charge in [-0.1, -0.05) is 12.1 Å². The van der Waals surface area contributed by atoms with E-state index < -0.39 is 23.3 Å². The second-order valence-electron chi connectivity index (χ2n) is 4.36. The molecule has 0 aliphatic rings. The number of halogens is 1. The zero-order chi connectivity index (χ0) is 15.4. The number of aromatic carboxylic acids is 2. The largest absolute Gasteiger partial charge is 0.478 e. The van der Waals surface area contributed by atoms with Crippen LogP contribution in [0.15, 0.2) is 42.5 Å². The lowest BCUT2D eigenvalue weighted by Crippen LogP contribution is -2.04. The van der Waals surface area contributed by atoms with Crippen LogP contribution in [0.1, 0.15) is 26.3 Å². The molecule has 0 fully saturated rings. The summed E-state index contributed by atoms with van der Waals surface area (Å²) in [4.78, 5) is 21.5. The summed E-state index contributed by atoms with van der Waals surface area (Å²) in [5.41, 5.74) is 1.08. The average molecular weight is 289 g/mol. The number of rotatable bonds is 5. The first-order chi connectivity index (χ1) is 9.97. The highest BCUT2D eigenvalue weighted by Crippen LogP contribution is 2.16. The Morgan fingerprint density at radius 3 is 2.24 bits per heavy atom. The molecule has 0 aromatic heterocycles. The molecule has 0 spiro atoms. The Morgan fingerprint density at radius 1 is 1.00 bits per heavy atom. The molecule has 21 heavy (non-hydrogen) atoms. The minimum Gasteiger partial charge on any atom is -0.478 e. The topological polar surface area (TPSA) is 86.6 Å². The number of carbonyl (C=O) groups is 2. The second kappa shape index (κ2) is 6.04. The van der Waals surface area contributed by atoms with Gasteiger partial charge in [-0.25, -0.2) is 14.0 Å². The summed E-state index contributed by atoms with van der Waals surface area (Å²) in [6, 6.07) is 9.99. The molecule has 0 aliphatic carbocycles. The van der Waals surface area contributed by atoms with E-state index in [-0.39, 0.29) is 5.56 Å². The molecule has 2 aromatic rings. The zero-order valence-electron chi connectivity index (χ0n) is 10.8. The summed E-state index contributed by atoms with van der Waals surface area (Å²) >= 11 is 0. The van der Waals surface area contributed by atoms with Gasteiger partial charge >= 0.3 is 11.9 Å². The van der Waals surface area contributed by atoms with Crippen molar-refractivity contribution in [2.45, 2.75) is 6.54 Å². The van der Waals surface area contributed by atoms with E-state index in [9.17, 15) is 14.0 Å². The van der Waals surface area contributed by atoms with Gasteiger partial charge in [0.15, 0.2) is 0 Å². The van der Waals surface area contributed by atoms with Gasteiger partial charge in [0.25, 0.3) is 0 Å².